The van der Waals surface area contributed by atoms with Gasteiger partial charge >= 0.3 is 0 Å². The minimum absolute atomic E-state index is 0. The molecule has 0 saturated heterocycles. The lowest BCUT2D eigenvalue weighted by molar-refractivity contribution is 0.442. The van der Waals surface area contributed by atoms with E-state index >= 15 is 0 Å². The standard InChI is InChI=1S/C12H18ClNO.ClH/c1-7(2)4-11(14)10-6-9(13)5-8(3)12(10)15;/h5-7,11,15H,4,14H2,1-3H3;1H/t11-;/m0./s1. The molecule has 0 bridgehead atoms. The summed E-state index contributed by atoms with van der Waals surface area (Å²) in [5.74, 6) is 0.770. The molecule has 0 radical (unpaired) electrons. The molecule has 3 N–H and O–H groups in total. The Morgan fingerprint density at radius 3 is 2.44 bits per heavy atom. The van der Waals surface area contributed by atoms with Gasteiger partial charge in [-0.15, -0.1) is 12.4 Å². The van der Waals surface area contributed by atoms with Crippen LogP contribution in [0.1, 0.15) is 37.4 Å². The van der Waals surface area contributed by atoms with Crippen LogP contribution in [0.25, 0.3) is 0 Å². The zero-order chi connectivity index (χ0) is 11.6. The molecular formula is C12H19Cl2NO. The maximum Gasteiger partial charge on any atom is 0.123 e. The van der Waals surface area contributed by atoms with E-state index in [1.807, 2.05) is 6.92 Å². The lowest BCUT2D eigenvalue weighted by Gasteiger charge is -2.17. The molecule has 0 spiro atoms. The van der Waals surface area contributed by atoms with Crippen molar-refractivity contribution in [2.24, 2.45) is 11.7 Å². The van der Waals surface area contributed by atoms with Crippen LogP contribution >= 0.6 is 24.0 Å². The molecule has 92 valence electrons. The van der Waals surface area contributed by atoms with Crippen LogP contribution < -0.4 is 5.73 Å². The minimum Gasteiger partial charge on any atom is -0.507 e. The van der Waals surface area contributed by atoms with Gasteiger partial charge in [-0.2, -0.15) is 0 Å². The van der Waals surface area contributed by atoms with Crippen molar-refractivity contribution >= 4 is 24.0 Å². The number of aromatic hydroxyl groups is 1. The molecule has 16 heavy (non-hydrogen) atoms. The van der Waals surface area contributed by atoms with Crippen LogP contribution in [0, 0.1) is 12.8 Å². The van der Waals surface area contributed by atoms with Crippen LogP contribution in [0.15, 0.2) is 12.1 Å². The van der Waals surface area contributed by atoms with Gasteiger partial charge in [0.05, 0.1) is 0 Å². The summed E-state index contributed by atoms with van der Waals surface area (Å²) in [5.41, 5.74) is 7.53. The van der Waals surface area contributed by atoms with Crippen LogP contribution in [-0.4, -0.2) is 5.11 Å². The fourth-order valence-corrected chi connectivity index (χ4v) is 1.96. The quantitative estimate of drug-likeness (QED) is 0.871. The molecule has 1 atom stereocenters. The fourth-order valence-electron chi connectivity index (χ4n) is 1.68. The van der Waals surface area contributed by atoms with Crippen molar-refractivity contribution < 1.29 is 5.11 Å². The SMILES string of the molecule is Cc1cc(Cl)cc([C@@H](N)CC(C)C)c1O.Cl. The first kappa shape index (κ1) is 15.6. The molecule has 0 aromatic heterocycles. The first-order valence-electron chi connectivity index (χ1n) is 5.16. The lowest BCUT2D eigenvalue weighted by Crippen LogP contribution is -2.13. The zero-order valence-electron chi connectivity index (χ0n) is 9.83. The van der Waals surface area contributed by atoms with Gasteiger partial charge in [0.25, 0.3) is 0 Å². The summed E-state index contributed by atoms with van der Waals surface area (Å²) in [6.45, 7) is 6.04. The van der Waals surface area contributed by atoms with Crippen molar-refractivity contribution in [3.05, 3.63) is 28.3 Å². The number of hydrogen-bond acceptors (Lipinski definition) is 2. The molecule has 4 heteroatoms. The highest BCUT2D eigenvalue weighted by atomic mass is 35.5. The highest BCUT2D eigenvalue weighted by Crippen LogP contribution is 2.32. The lowest BCUT2D eigenvalue weighted by atomic mass is 9.96. The van der Waals surface area contributed by atoms with E-state index < -0.39 is 0 Å². The van der Waals surface area contributed by atoms with Crippen LogP contribution in [0.4, 0.5) is 0 Å². The summed E-state index contributed by atoms with van der Waals surface area (Å²) in [5, 5.41) is 10.5. The van der Waals surface area contributed by atoms with Crippen LogP contribution in [-0.2, 0) is 0 Å². The third-order valence-corrected chi connectivity index (χ3v) is 2.64. The molecule has 0 unspecified atom stereocenters. The molecule has 2 nitrogen and oxygen atoms in total. The van der Waals surface area contributed by atoms with Crippen molar-refractivity contribution in [2.45, 2.75) is 33.2 Å². The fraction of sp³-hybridized carbons (Fsp3) is 0.500. The van der Waals surface area contributed by atoms with Crippen LogP contribution in [0.5, 0.6) is 5.75 Å². The highest BCUT2D eigenvalue weighted by molar-refractivity contribution is 6.30. The summed E-state index contributed by atoms with van der Waals surface area (Å²) in [6, 6.07) is 3.33. The Kier molecular flexibility index (Phi) is 6.16. The third kappa shape index (κ3) is 3.85. The maximum atomic E-state index is 9.87. The van der Waals surface area contributed by atoms with E-state index in [2.05, 4.69) is 13.8 Å². The normalized spacial score (nSPS) is 12.4. The van der Waals surface area contributed by atoms with Gasteiger partial charge in [-0.1, -0.05) is 25.4 Å². The van der Waals surface area contributed by atoms with Gasteiger partial charge in [0.15, 0.2) is 0 Å². The second-order valence-corrected chi connectivity index (χ2v) is 4.83. The van der Waals surface area contributed by atoms with E-state index in [1.54, 1.807) is 12.1 Å². The van der Waals surface area contributed by atoms with Crippen LogP contribution in [0.2, 0.25) is 5.02 Å². The molecule has 0 aliphatic rings. The Morgan fingerprint density at radius 2 is 1.94 bits per heavy atom. The summed E-state index contributed by atoms with van der Waals surface area (Å²) in [4.78, 5) is 0. The summed E-state index contributed by atoms with van der Waals surface area (Å²) < 4.78 is 0. The van der Waals surface area contributed by atoms with E-state index in [0.717, 1.165) is 17.5 Å². The molecule has 0 heterocycles. The van der Waals surface area contributed by atoms with Gasteiger partial charge in [0.2, 0.25) is 0 Å². The largest absolute Gasteiger partial charge is 0.507 e. The smallest absolute Gasteiger partial charge is 0.123 e. The predicted octanol–water partition coefficient (Wildman–Crippen LogP) is 3.82. The van der Waals surface area contributed by atoms with Crippen molar-refractivity contribution in [2.75, 3.05) is 0 Å². The summed E-state index contributed by atoms with van der Waals surface area (Å²) in [6.07, 6.45) is 0.841. The van der Waals surface area contributed by atoms with E-state index in [-0.39, 0.29) is 24.2 Å². The molecule has 0 amide bonds. The number of phenolic OH excluding ortho intramolecular Hbond substituents is 1. The van der Waals surface area contributed by atoms with Gasteiger partial charge in [-0.25, -0.2) is 0 Å². The second kappa shape index (κ2) is 6.33. The molecule has 1 rings (SSSR count). The first-order valence-corrected chi connectivity index (χ1v) is 5.54. The van der Waals surface area contributed by atoms with E-state index in [4.69, 9.17) is 17.3 Å². The van der Waals surface area contributed by atoms with Gasteiger partial charge < -0.3 is 10.8 Å². The average molecular weight is 264 g/mol. The van der Waals surface area contributed by atoms with E-state index in [9.17, 15) is 5.11 Å². The number of nitrogens with two attached hydrogens (primary N) is 1. The second-order valence-electron chi connectivity index (χ2n) is 4.40. The Hall–Kier alpha value is -0.440. The monoisotopic (exact) mass is 263 g/mol. The van der Waals surface area contributed by atoms with Crippen molar-refractivity contribution in [1.82, 2.24) is 0 Å². The molecule has 0 fully saturated rings. The first-order chi connectivity index (χ1) is 6.91. The van der Waals surface area contributed by atoms with Gasteiger partial charge in [-0.05, 0) is 37.0 Å². The van der Waals surface area contributed by atoms with Crippen LogP contribution in [0.3, 0.4) is 0 Å². The minimum atomic E-state index is -0.151. The zero-order valence-corrected chi connectivity index (χ0v) is 11.4. The van der Waals surface area contributed by atoms with Crippen molar-refractivity contribution in [3.63, 3.8) is 0 Å². The average Bonchev–Trinajstić information content (AvgIpc) is 2.09. The van der Waals surface area contributed by atoms with E-state index in [1.165, 1.54) is 0 Å². The molecule has 0 aliphatic carbocycles. The third-order valence-electron chi connectivity index (χ3n) is 2.42. The molecular weight excluding hydrogens is 245 g/mol. The molecule has 0 aliphatic heterocycles. The topological polar surface area (TPSA) is 46.2 Å². The molecule has 1 aromatic rings. The Bertz CT molecular complexity index is 353. The molecule has 0 saturated carbocycles. The Balaban J connectivity index is 0.00000225. The number of rotatable bonds is 3. The Morgan fingerprint density at radius 1 is 1.38 bits per heavy atom. The Labute approximate surface area is 108 Å². The van der Waals surface area contributed by atoms with Gasteiger partial charge in [-0.3, -0.25) is 0 Å². The number of phenols is 1. The van der Waals surface area contributed by atoms with Gasteiger partial charge in [0, 0.05) is 16.6 Å². The molecule has 1 aromatic carbocycles. The number of hydrogen-bond donors (Lipinski definition) is 2. The maximum absolute atomic E-state index is 9.87. The summed E-state index contributed by atoms with van der Waals surface area (Å²) >= 11 is 5.94. The number of aryl methyl sites for hydroxylation is 1. The van der Waals surface area contributed by atoms with E-state index in [0.29, 0.717) is 10.9 Å². The number of halogens is 2. The highest BCUT2D eigenvalue weighted by Gasteiger charge is 2.14. The summed E-state index contributed by atoms with van der Waals surface area (Å²) in [7, 11) is 0. The van der Waals surface area contributed by atoms with Gasteiger partial charge in [0.1, 0.15) is 5.75 Å². The van der Waals surface area contributed by atoms with Crippen molar-refractivity contribution in [3.8, 4) is 5.75 Å². The predicted molar refractivity (Wildman–Crippen MR) is 71.5 cm³/mol. The van der Waals surface area contributed by atoms with Crippen molar-refractivity contribution in [1.29, 1.82) is 0 Å². The number of benzene rings is 1.